The first-order valence-electron chi connectivity index (χ1n) is 16.2. The van der Waals surface area contributed by atoms with Gasteiger partial charge in [0.05, 0.1) is 0 Å². The standard InChI is InChI=1S/C48H36/c1-34(37-19-25-43(26-20-37)40-13-7-4-8-14-40)46-31-47(35(2)38-21-27-44(28-22-38)41-15-9-5-10-16-41)33-48(32-46)36(3)39-23-29-45(30-24-39)42-17-11-6-12-18-42/h4-33H,1-3H2. The van der Waals surface area contributed by atoms with Crippen molar-refractivity contribution in [2.75, 3.05) is 0 Å². The van der Waals surface area contributed by atoms with E-state index in [0.717, 1.165) is 50.1 Å². The maximum Gasteiger partial charge on any atom is -0.0172 e. The van der Waals surface area contributed by atoms with Gasteiger partial charge in [0, 0.05) is 0 Å². The van der Waals surface area contributed by atoms with Crippen LogP contribution in [0, 0.1) is 0 Å². The molecule has 7 aromatic carbocycles. The average molecular weight is 613 g/mol. The maximum absolute atomic E-state index is 4.57. The van der Waals surface area contributed by atoms with E-state index >= 15 is 0 Å². The normalized spacial score (nSPS) is 10.8. The first-order chi connectivity index (χ1) is 23.5. The minimum absolute atomic E-state index is 0.956. The van der Waals surface area contributed by atoms with Gasteiger partial charge in [0.2, 0.25) is 0 Å². The summed E-state index contributed by atoms with van der Waals surface area (Å²) in [5, 5.41) is 0. The van der Waals surface area contributed by atoms with Gasteiger partial charge in [0.25, 0.3) is 0 Å². The Morgan fingerprint density at radius 2 is 0.438 bits per heavy atom. The third-order valence-electron chi connectivity index (χ3n) is 9.00. The zero-order valence-corrected chi connectivity index (χ0v) is 26.9. The lowest BCUT2D eigenvalue weighted by Gasteiger charge is -2.16. The summed E-state index contributed by atoms with van der Waals surface area (Å²) in [4.78, 5) is 0. The van der Waals surface area contributed by atoms with E-state index in [0.29, 0.717) is 0 Å². The summed E-state index contributed by atoms with van der Waals surface area (Å²) in [6, 6.07) is 63.9. The van der Waals surface area contributed by atoms with Gasteiger partial charge in [0.15, 0.2) is 0 Å². The van der Waals surface area contributed by atoms with Crippen molar-refractivity contribution in [1.82, 2.24) is 0 Å². The van der Waals surface area contributed by atoms with Crippen LogP contribution in [0.2, 0.25) is 0 Å². The highest BCUT2D eigenvalue weighted by atomic mass is 14.2. The minimum atomic E-state index is 0.956. The largest absolute Gasteiger partial charge is 0.0906 e. The molecule has 0 heteroatoms. The molecule has 0 spiro atoms. The molecule has 0 unspecified atom stereocenters. The Kier molecular flexibility index (Phi) is 8.64. The molecule has 0 aliphatic heterocycles. The van der Waals surface area contributed by atoms with E-state index in [1.54, 1.807) is 0 Å². The van der Waals surface area contributed by atoms with Crippen LogP contribution in [0.15, 0.2) is 202 Å². The van der Waals surface area contributed by atoms with E-state index in [2.05, 4.69) is 184 Å². The Labute approximate surface area is 284 Å². The highest BCUT2D eigenvalue weighted by Gasteiger charge is 2.13. The fourth-order valence-corrected chi connectivity index (χ4v) is 6.13. The van der Waals surface area contributed by atoms with E-state index in [4.69, 9.17) is 0 Å². The van der Waals surface area contributed by atoms with Gasteiger partial charge in [-0.15, -0.1) is 0 Å². The molecule has 0 fully saturated rings. The molecule has 0 saturated carbocycles. The van der Waals surface area contributed by atoms with E-state index in [1.165, 1.54) is 33.4 Å². The Hall–Kier alpha value is -6.24. The molecule has 0 nitrogen and oxygen atoms in total. The second kappa shape index (κ2) is 13.6. The van der Waals surface area contributed by atoms with Crippen LogP contribution >= 0.6 is 0 Å². The van der Waals surface area contributed by atoms with Gasteiger partial charge in [-0.1, -0.05) is 184 Å². The Balaban J connectivity index is 1.24. The van der Waals surface area contributed by atoms with E-state index in [1.807, 2.05) is 18.2 Å². The predicted octanol–water partition coefficient (Wildman–Crippen LogP) is 12.9. The van der Waals surface area contributed by atoms with Crippen molar-refractivity contribution in [3.63, 3.8) is 0 Å². The van der Waals surface area contributed by atoms with Crippen molar-refractivity contribution < 1.29 is 0 Å². The summed E-state index contributed by atoms with van der Waals surface area (Å²) >= 11 is 0. The summed E-state index contributed by atoms with van der Waals surface area (Å²) in [6.45, 7) is 13.7. The first kappa shape index (κ1) is 30.4. The van der Waals surface area contributed by atoms with Gasteiger partial charge in [0.1, 0.15) is 0 Å². The quantitative estimate of drug-likeness (QED) is 0.152. The number of benzene rings is 7. The topological polar surface area (TPSA) is 0 Å². The van der Waals surface area contributed by atoms with Gasteiger partial charge in [-0.05, 0) is 102 Å². The number of hydrogen-bond donors (Lipinski definition) is 0. The van der Waals surface area contributed by atoms with Crippen molar-refractivity contribution in [2.24, 2.45) is 0 Å². The summed E-state index contributed by atoms with van der Waals surface area (Å²) in [5.74, 6) is 0. The average Bonchev–Trinajstić information content (AvgIpc) is 3.18. The summed E-state index contributed by atoms with van der Waals surface area (Å²) in [7, 11) is 0. The summed E-state index contributed by atoms with van der Waals surface area (Å²) < 4.78 is 0. The second-order valence-electron chi connectivity index (χ2n) is 12.1. The van der Waals surface area contributed by atoms with Crippen LogP contribution in [-0.2, 0) is 0 Å². The SMILES string of the molecule is C=C(c1ccc(-c2ccccc2)cc1)c1cc(C(=C)c2ccc(-c3ccccc3)cc2)cc(C(=C)c2ccc(-c3ccccc3)cc2)c1. The van der Waals surface area contributed by atoms with Crippen molar-refractivity contribution in [3.05, 3.63) is 235 Å². The Morgan fingerprint density at radius 1 is 0.229 bits per heavy atom. The van der Waals surface area contributed by atoms with Gasteiger partial charge >= 0.3 is 0 Å². The van der Waals surface area contributed by atoms with Crippen molar-refractivity contribution >= 4 is 16.7 Å². The van der Waals surface area contributed by atoms with Crippen LogP contribution in [0.5, 0.6) is 0 Å². The van der Waals surface area contributed by atoms with Crippen LogP contribution in [0.1, 0.15) is 33.4 Å². The molecule has 228 valence electrons. The number of rotatable bonds is 9. The molecule has 0 aliphatic rings. The molecule has 0 aromatic heterocycles. The molecule has 0 atom stereocenters. The third kappa shape index (κ3) is 6.51. The monoisotopic (exact) mass is 612 g/mol. The molecule has 0 aliphatic carbocycles. The molecule has 7 aromatic rings. The van der Waals surface area contributed by atoms with Crippen molar-refractivity contribution in [2.45, 2.75) is 0 Å². The lowest BCUT2D eigenvalue weighted by Crippen LogP contribution is -1.96. The van der Waals surface area contributed by atoms with Crippen LogP contribution in [0.3, 0.4) is 0 Å². The summed E-state index contributed by atoms with van der Waals surface area (Å²) in [5.41, 5.74) is 16.4. The lowest BCUT2D eigenvalue weighted by atomic mass is 9.88. The van der Waals surface area contributed by atoms with Crippen molar-refractivity contribution in [3.8, 4) is 33.4 Å². The van der Waals surface area contributed by atoms with E-state index in [-0.39, 0.29) is 0 Å². The molecule has 7 rings (SSSR count). The molecule has 0 N–H and O–H groups in total. The first-order valence-corrected chi connectivity index (χ1v) is 16.2. The maximum atomic E-state index is 4.57. The summed E-state index contributed by atoms with van der Waals surface area (Å²) in [6.07, 6.45) is 0. The lowest BCUT2D eigenvalue weighted by molar-refractivity contribution is 1.47. The Bertz CT molecular complexity index is 1930. The van der Waals surface area contributed by atoms with Crippen LogP contribution in [0.4, 0.5) is 0 Å². The smallest absolute Gasteiger partial charge is 0.0172 e. The van der Waals surface area contributed by atoms with Gasteiger partial charge in [-0.3, -0.25) is 0 Å². The minimum Gasteiger partial charge on any atom is -0.0906 e. The molecule has 48 heavy (non-hydrogen) atoms. The van der Waals surface area contributed by atoms with E-state index < -0.39 is 0 Å². The van der Waals surface area contributed by atoms with Crippen molar-refractivity contribution in [1.29, 1.82) is 0 Å². The van der Waals surface area contributed by atoms with Crippen LogP contribution < -0.4 is 0 Å². The van der Waals surface area contributed by atoms with Gasteiger partial charge < -0.3 is 0 Å². The molecular weight excluding hydrogens is 577 g/mol. The number of hydrogen-bond acceptors (Lipinski definition) is 0. The highest BCUT2D eigenvalue weighted by Crippen LogP contribution is 2.34. The third-order valence-corrected chi connectivity index (χ3v) is 9.00. The Morgan fingerprint density at radius 3 is 0.667 bits per heavy atom. The molecule has 0 radical (unpaired) electrons. The fraction of sp³-hybridized carbons (Fsp3) is 0. The molecule has 0 amide bonds. The van der Waals surface area contributed by atoms with Crippen LogP contribution in [0.25, 0.3) is 50.1 Å². The highest BCUT2D eigenvalue weighted by molar-refractivity contribution is 5.89. The van der Waals surface area contributed by atoms with Crippen LogP contribution in [-0.4, -0.2) is 0 Å². The fourth-order valence-electron chi connectivity index (χ4n) is 6.13. The molecule has 0 bridgehead atoms. The molecular formula is C48H36. The van der Waals surface area contributed by atoms with E-state index in [9.17, 15) is 0 Å². The van der Waals surface area contributed by atoms with Gasteiger partial charge in [-0.25, -0.2) is 0 Å². The molecule has 0 heterocycles. The zero-order chi connectivity index (χ0) is 32.9. The predicted molar refractivity (Wildman–Crippen MR) is 206 cm³/mol. The second-order valence-corrected chi connectivity index (χ2v) is 12.1. The molecule has 0 saturated heterocycles. The zero-order valence-electron chi connectivity index (χ0n) is 26.9. The van der Waals surface area contributed by atoms with Gasteiger partial charge in [-0.2, -0.15) is 0 Å².